The summed E-state index contributed by atoms with van der Waals surface area (Å²) < 4.78 is 22.5. The average molecular weight is 404 g/mol. The number of pyridine rings is 1. The summed E-state index contributed by atoms with van der Waals surface area (Å²) in [6.45, 7) is 1.36. The van der Waals surface area contributed by atoms with Gasteiger partial charge in [0.15, 0.2) is 0 Å². The second-order valence-electron chi connectivity index (χ2n) is 7.64. The minimum atomic E-state index is -0.497. The summed E-state index contributed by atoms with van der Waals surface area (Å²) in [5.74, 6) is 0.600. The van der Waals surface area contributed by atoms with E-state index in [1.165, 1.54) is 6.07 Å². The topological polar surface area (TPSA) is 61.4 Å². The zero-order valence-electron chi connectivity index (χ0n) is 16.6. The second-order valence-corrected chi connectivity index (χ2v) is 7.64. The van der Waals surface area contributed by atoms with Gasteiger partial charge < -0.3 is 9.30 Å². The molecular formula is C23H21FN4O2. The van der Waals surface area contributed by atoms with Crippen LogP contribution in [0.2, 0.25) is 0 Å². The van der Waals surface area contributed by atoms with E-state index in [9.17, 15) is 9.18 Å². The number of imidazole rings is 1. The van der Waals surface area contributed by atoms with E-state index in [0.717, 1.165) is 35.7 Å². The highest BCUT2D eigenvalue weighted by molar-refractivity contribution is 5.59. The first-order valence-electron chi connectivity index (χ1n) is 9.95. The van der Waals surface area contributed by atoms with E-state index in [1.807, 2.05) is 34.9 Å². The molecule has 4 aromatic rings. The lowest BCUT2D eigenvalue weighted by Crippen LogP contribution is -2.23. The first-order valence-corrected chi connectivity index (χ1v) is 9.95. The largest absolute Gasteiger partial charge is 0.381 e. The van der Waals surface area contributed by atoms with Crippen LogP contribution in [0.5, 0.6) is 0 Å². The Labute approximate surface area is 172 Å². The van der Waals surface area contributed by atoms with E-state index in [1.54, 1.807) is 29.9 Å². The molecule has 0 N–H and O–H groups in total. The van der Waals surface area contributed by atoms with Crippen molar-refractivity contribution in [3.05, 3.63) is 88.2 Å². The number of ether oxygens (including phenoxy) is 1. The second kappa shape index (κ2) is 7.50. The van der Waals surface area contributed by atoms with Gasteiger partial charge in [-0.15, -0.1) is 0 Å². The molecule has 6 nitrogen and oxygen atoms in total. The number of hydrogen-bond donors (Lipinski definition) is 0. The molecule has 0 saturated carbocycles. The lowest BCUT2D eigenvalue weighted by Gasteiger charge is -2.12. The van der Waals surface area contributed by atoms with Crippen LogP contribution in [-0.4, -0.2) is 32.1 Å². The van der Waals surface area contributed by atoms with E-state index in [4.69, 9.17) is 4.74 Å². The van der Waals surface area contributed by atoms with E-state index >= 15 is 0 Å². The smallest absolute Gasteiger partial charge is 0.276 e. The molecule has 1 aliphatic heterocycles. The van der Waals surface area contributed by atoms with E-state index < -0.39 is 5.95 Å². The van der Waals surface area contributed by atoms with E-state index in [2.05, 4.69) is 9.97 Å². The third-order valence-corrected chi connectivity index (χ3v) is 5.70. The van der Waals surface area contributed by atoms with Gasteiger partial charge in [-0.2, -0.15) is 4.39 Å². The molecule has 1 aromatic carbocycles. The number of benzene rings is 1. The van der Waals surface area contributed by atoms with E-state index in [0.29, 0.717) is 24.2 Å². The summed E-state index contributed by atoms with van der Waals surface area (Å²) in [5, 5.41) is 0. The number of hydrogen-bond acceptors (Lipinski definition) is 4. The van der Waals surface area contributed by atoms with Gasteiger partial charge in [-0.25, -0.2) is 9.97 Å². The van der Waals surface area contributed by atoms with Gasteiger partial charge in [0.1, 0.15) is 11.3 Å². The van der Waals surface area contributed by atoms with Gasteiger partial charge >= 0.3 is 0 Å². The van der Waals surface area contributed by atoms with Gasteiger partial charge in [-0.05, 0) is 24.1 Å². The van der Waals surface area contributed by atoms with Crippen molar-refractivity contribution in [2.75, 3.05) is 13.2 Å². The van der Waals surface area contributed by atoms with Crippen molar-refractivity contribution in [2.24, 2.45) is 7.05 Å². The van der Waals surface area contributed by atoms with Crippen molar-refractivity contribution >= 4 is 5.52 Å². The fourth-order valence-corrected chi connectivity index (χ4v) is 3.98. The maximum Gasteiger partial charge on any atom is 0.276 e. The summed E-state index contributed by atoms with van der Waals surface area (Å²) in [5.41, 5.74) is 3.90. The zero-order chi connectivity index (χ0) is 20.7. The Morgan fingerprint density at radius 3 is 2.77 bits per heavy atom. The SMILES string of the molecule is Cn1c(Cc2ccc(-c3cccc(F)n3)cc2)cn2c([C@@H]3CCOC3)ncc2c1=O. The Balaban J connectivity index is 1.48. The van der Waals surface area contributed by atoms with Crippen molar-refractivity contribution in [1.82, 2.24) is 18.9 Å². The normalized spacial score (nSPS) is 16.4. The Morgan fingerprint density at radius 2 is 2.03 bits per heavy atom. The molecule has 0 amide bonds. The van der Waals surface area contributed by atoms with Crippen molar-refractivity contribution in [2.45, 2.75) is 18.8 Å². The number of nitrogens with zero attached hydrogens (tertiary/aromatic N) is 4. The highest BCUT2D eigenvalue weighted by Crippen LogP contribution is 2.25. The predicted octanol–water partition coefficient (Wildman–Crippen LogP) is 3.33. The van der Waals surface area contributed by atoms with Crippen LogP contribution in [0.3, 0.4) is 0 Å². The van der Waals surface area contributed by atoms with Gasteiger partial charge in [-0.1, -0.05) is 30.3 Å². The highest BCUT2D eigenvalue weighted by atomic mass is 19.1. The molecule has 0 unspecified atom stereocenters. The molecule has 3 aromatic heterocycles. The van der Waals surface area contributed by atoms with Crippen LogP contribution in [0.4, 0.5) is 4.39 Å². The van der Waals surface area contributed by atoms with Gasteiger partial charge in [-0.3, -0.25) is 9.20 Å². The Morgan fingerprint density at radius 1 is 1.20 bits per heavy atom. The van der Waals surface area contributed by atoms with E-state index in [-0.39, 0.29) is 11.5 Å². The Bertz CT molecular complexity index is 1270. The van der Waals surface area contributed by atoms with Crippen LogP contribution in [0, 0.1) is 5.95 Å². The van der Waals surface area contributed by atoms with Crippen molar-refractivity contribution in [3.8, 4) is 11.3 Å². The maximum absolute atomic E-state index is 13.4. The summed E-state index contributed by atoms with van der Waals surface area (Å²) in [6.07, 6.45) is 5.16. The third-order valence-electron chi connectivity index (χ3n) is 5.70. The van der Waals surface area contributed by atoms with Crippen LogP contribution in [-0.2, 0) is 18.2 Å². The highest BCUT2D eigenvalue weighted by Gasteiger charge is 2.23. The summed E-state index contributed by atoms with van der Waals surface area (Å²) in [7, 11) is 1.79. The molecule has 7 heteroatoms. The molecule has 0 radical (unpaired) electrons. The number of fused-ring (bicyclic) bond motifs is 1. The lowest BCUT2D eigenvalue weighted by molar-refractivity contribution is 0.193. The molecule has 0 bridgehead atoms. The molecule has 30 heavy (non-hydrogen) atoms. The van der Waals surface area contributed by atoms with Gasteiger partial charge in [0.2, 0.25) is 5.95 Å². The minimum Gasteiger partial charge on any atom is -0.381 e. The summed E-state index contributed by atoms with van der Waals surface area (Å²) in [4.78, 5) is 21.3. The molecule has 0 aliphatic carbocycles. The number of halogens is 1. The molecule has 1 fully saturated rings. The quantitative estimate of drug-likeness (QED) is 0.490. The number of aromatic nitrogens is 4. The molecule has 152 valence electrons. The molecule has 4 heterocycles. The third kappa shape index (κ3) is 3.31. The minimum absolute atomic E-state index is 0.0641. The summed E-state index contributed by atoms with van der Waals surface area (Å²) >= 11 is 0. The van der Waals surface area contributed by atoms with Crippen molar-refractivity contribution < 1.29 is 9.13 Å². The zero-order valence-corrected chi connectivity index (χ0v) is 16.6. The number of rotatable bonds is 4. The van der Waals surface area contributed by atoms with Crippen LogP contribution in [0.25, 0.3) is 16.8 Å². The molecule has 1 aliphatic rings. The van der Waals surface area contributed by atoms with Crippen molar-refractivity contribution in [1.29, 1.82) is 0 Å². The lowest BCUT2D eigenvalue weighted by atomic mass is 10.0. The van der Waals surface area contributed by atoms with Crippen LogP contribution >= 0.6 is 0 Å². The van der Waals surface area contributed by atoms with Crippen LogP contribution < -0.4 is 5.56 Å². The fourth-order valence-electron chi connectivity index (χ4n) is 3.98. The molecule has 1 atom stereocenters. The van der Waals surface area contributed by atoms with Gasteiger partial charge in [0.25, 0.3) is 5.56 Å². The van der Waals surface area contributed by atoms with Crippen LogP contribution in [0.1, 0.15) is 29.4 Å². The predicted molar refractivity (Wildman–Crippen MR) is 111 cm³/mol. The van der Waals surface area contributed by atoms with Gasteiger partial charge in [0, 0.05) is 43.4 Å². The first-order chi connectivity index (χ1) is 14.6. The Kier molecular flexibility index (Phi) is 4.67. The maximum atomic E-state index is 13.4. The standard InChI is InChI=1S/C23H21FN4O2/c1-27-18(11-15-5-7-16(8-6-15)19-3-2-4-21(24)26-19)13-28-20(23(27)29)12-25-22(28)17-9-10-30-14-17/h2-8,12-13,17H,9-11,14H2,1H3/t17-/m1/s1. The molecular weight excluding hydrogens is 383 g/mol. The molecule has 1 saturated heterocycles. The van der Waals surface area contributed by atoms with Crippen LogP contribution in [0.15, 0.2) is 59.7 Å². The monoisotopic (exact) mass is 404 g/mol. The Hall–Kier alpha value is -3.32. The fraction of sp³-hybridized carbons (Fsp3) is 0.261. The average Bonchev–Trinajstić information content (AvgIpc) is 3.42. The summed E-state index contributed by atoms with van der Waals surface area (Å²) in [6, 6.07) is 12.6. The molecule has 5 rings (SSSR count). The molecule has 0 spiro atoms. The van der Waals surface area contributed by atoms with Crippen molar-refractivity contribution in [3.63, 3.8) is 0 Å². The van der Waals surface area contributed by atoms with Gasteiger partial charge in [0.05, 0.1) is 18.5 Å². The first kappa shape index (κ1) is 18.7.